The van der Waals surface area contributed by atoms with Crippen molar-refractivity contribution in [3.05, 3.63) is 59.1 Å². The molecule has 0 spiro atoms. The highest BCUT2D eigenvalue weighted by atomic mass is 32.1. The van der Waals surface area contributed by atoms with Crippen LogP contribution in [-0.2, 0) is 40.0 Å². The number of carbonyl (C=O) groups is 7. The molecule has 0 bridgehead atoms. The number of amides is 7. The summed E-state index contributed by atoms with van der Waals surface area (Å²) in [6, 6.07) is 1.66. The predicted octanol–water partition coefficient (Wildman–Crippen LogP) is 6.55. The van der Waals surface area contributed by atoms with Crippen molar-refractivity contribution in [2.24, 2.45) is 23.7 Å². The number of thiazole rings is 1. The summed E-state index contributed by atoms with van der Waals surface area (Å²) in [4.78, 5) is 117. The van der Waals surface area contributed by atoms with E-state index in [2.05, 4.69) is 11.6 Å². The number of likely N-dealkylation sites (tertiary alicyclic amines) is 2. The van der Waals surface area contributed by atoms with Crippen molar-refractivity contribution in [1.29, 1.82) is 0 Å². The number of likely N-dealkylation sites (N-methyl/N-ethyl adjacent to an activating group) is 5. The van der Waals surface area contributed by atoms with Crippen LogP contribution in [0.5, 0.6) is 5.75 Å². The number of ether oxygens (including phenoxy) is 1. The largest absolute Gasteiger partial charge is 0.497 e. The molecule has 0 N–H and O–H groups in total. The number of methoxy groups -OCH3 is 1. The predicted molar refractivity (Wildman–Crippen MR) is 278 cm³/mol. The van der Waals surface area contributed by atoms with Gasteiger partial charge in [0.15, 0.2) is 0 Å². The third-order valence-corrected chi connectivity index (χ3v) is 15.6. The lowest BCUT2D eigenvalue weighted by molar-refractivity contribution is -0.158. The summed E-state index contributed by atoms with van der Waals surface area (Å²) in [5.74, 6) is -3.08. The Morgan fingerprint density at radius 2 is 1.27 bits per heavy atom. The van der Waals surface area contributed by atoms with Crippen molar-refractivity contribution in [3.63, 3.8) is 0 Å². The normalized spacial score (nSPS) is 18.4. The molecule has 0 aliphatic carbocycles. The number of aromatic nitrogens is 1. The summed E-state index contributed by atoms with van der Waals surface area (Å²) in [5.41, 5.74) is 0.835. The van der Waals surface area contributed by atoms with Crippen molar-refractivity contribution in [3.8, 4) is 5.75 Å². The van der Waals surface area contributed by atoms with E-state index in [1.54, 1.807) is 60.4 Å². The van der Waals surface area contributed by atoms with Crippen LogP contribution in [0.1, 0.15) is 123 Å². The molecule has 2 aromatic rings. The molecule has 2 fully saturated rings. The summed E-state index contributed by atoms with van der Waals surface area (Å²) in [6.45, 7) is 19.2. The van der Waals surface area contributed by atoms with Gasteiger partial charge in [0.05, 0.1) is 13.2 Å². The van der Waals surface area contributed by atoms with Crippen LogP contribution in [0.3, 0.4) is 0 Å². The molecule has 8 unspecified atom stereocenters. The summed E-state index contributed by atoms with van der Waals surface area (Å²) in [6.07, 6.45) is 9.68. The molecule has 0 saturated carbocycles. The van der Waals surface area contributed by atoms with E-state index in [-0.39, 0.29) is 53.8 Å². The molecular weight excluding hydrogens is 921 g/mol. The maximum absolute atomic E-state index is 15.0. The molecule has 8 atom stereocenters. The molecule has 1 aromatic heterocycles. The van der Waals surface area contributed by atoms with Gasteiger partial charge in [-0.15, -0.1) is 17.9 Å². The molecule has 2 aliphatic rings. The maximum Gasteiger partial charge on any atom is 0.246 e. The van der Waals surface area contributed by atoms with Crippen LogP contribution >= 0.6 is 11.3 Å². The van der Waals surface area contributed by atoms with Gasteiger partial charge in [-0.25, -0.2) is 4.98 Å². The highest BCUT2D eigenvalue weighted by Gasteiger charge is 2.47. The fourth-order valence-corrected chi connectivity index (χ4v) is 11.3. The zero-order chi connectivity index (χ0) is 53.0. The third kappa shape index (κ3) is 13.8. The quantitative estimate of drug-likeness (QED) is 0.0838. The van der Waals surface area contributed by atoms with Crippen LogP contribution in [0.25, 0.3) is 0 Å². The lowest BCUT2D eigenvalue weighted by Crippen LogP contribution is -2.62. The number of unbranched alkanes of at least 4 members (excludes halogenated alkanes) is 2. The highest BCUT2D eigenvalue weighted by molar-refractivity contribution is 7.09. The van der Waals surface area contributed by atoms with Gasteiger partial charge in [-0.1, -0.05) is 73.1 Å². The van der Waals surface area contributed by atoms with Crippen molar-refractivity contribution >= 4 is 52.7 Å². The Labute approximate surface area is 428 Å². The van der Waals surface area contributed by atoms with Crippen molar-refractivity contribution in [2.45, 2.75) is 155 Å². The van der Waals surface area contributed by atoms with E-state index < -0.39 is 59.9 Å². The van der Waals surface area contributed by atoms with E-state index in [1.807, 2.05) is 89.1 Å². The molecule has 0 radical (unpaired) electrons. The molecule has 2 aliphatic heterocycles. The number of benzene rings is 1. The minimum absolute atomic E-state index is 0.142. The topological polar surface area (TPSA) is 164 Å². The van der Waals surface area contributed by atoms with Gasteiger partial charge >= 0.3 is 0 Å². The van der Waals surface area contributed by atoms with Crippen LogP contribution < -0.4 is 4.74 Å². The van der Waals surface area contributed by atoms with Gasteiger partial charge in [0.2, 0.25) is 41.4 Å². The van der Waals surface area contributed by atoms with E-state index >= 15 is 0 Å². The van der Waals surface area contributed by atoms with E-state index in [9.17, 15) is 33.6 Å². The van der Waals surface area contributed by atoms with Crippen molar-refractivity contribution in [2.75, 3.05) is 55.4 Å². The third-order valence-electron chi connectivity index (χ3n) is 14.7. The van der Waals surface area contributed by atoms with Gasteiger partial charge < -0.3 is 39.0 Å². The van der Waals surface area contributed by atoms with E-state index in [0.717, 1.165) is 42.7 Å². The van der Waals surface area contributed by atoms with Gasteiger partial charge in [-0.3, -0.25) is 33.6 Å². The first-order valence-electron chi connectivity index (χ1n) is 25.6. The first-order chi connectivity index (χ1) is 33.5. The Balaban J connectivity index is 1.56. The maximum atomic E-state index is 15.0. The molecule has 7 amide bonds. The van der Waals surface area contributed by atoms with E-state index in [4.69, 9.17) is 4.74 Å². The molecule has 4 rings (SSSR count). The zero-order valence-electron chi connectivity index (χ0n) is 45.1. The zero-order valence-corrected chi connectivity index (χ0v) is 45.9. The number of carbonyl (C=O) groups excluding carboxylic acids is 7. The van der Waals surface area contributed by atoms with Gasteiger partial charge in [0, 0.05) is 72.2 Å². The first kappa shape index (κ1) is 58.3. The minimum Gasteiger partial charge on any atom is -0.497 e. The van der Waals surface area contributed by atoms with Crippen molar-refractivity contribution < 1.29 is 38.3 Å². The van der Waals surface area contributed by atoms with Gasteiger partial charge in [0.25, 0.3) is 0 Å². The van der Waals surface area contributed by atoms with Crippen LogP contribution in [0.4, 0.5) is 0 Å². The fraction of sp³-hybridized carbons (Fsp3) is 0.667. The number of hydrogen-bond acceptors (Lipinski definition) is 10. The smallest absolute Gasteiger partial charge is 0.246 e. The SMILES string of the molecule is C=CCCCCC(C)C(=O)N(C)C(C)C(=O)N(C)C(C(=O)N1CCCC1C(=O)N(C)C(C(=O)N(C)C(C(=O)N(C)C(Cc1ccc(OC)cc1)C(=O)N1CCCC1c1nccs1)C(C)C)C(C)C)C(C)C. The van der Waals surface area contributed by atoms with Crippen LogP contribution in [0.2, 0.25) is 0 Å². The summed E-state index contributed by atoms with van der Waals surface area (Å²) in [5, 5.41) is 2.75. The summed E-state index contributed by atoms with van der Waals surface area (Å²) in [7, 11) is 9.55. The molecule has 394 valence electrons. The summed E-state index contributed by atoms with van der Waals surface area (Å²) < 4.78 is 5.38. The fourth-order valence-electron chi connectivity index (χ4n) is 10.5. The average molecular weight is 1010 g/mol. The standard InChI is InChI=1S/C54H84N8O8S/c1-16-17-18-19-22-37(8)48(63)56(10)38(9)49(64)58(12)46(36(6)7)54(69)62-31-21-24-42(62)50(65)59(13)45(35(4)5)53(68)60(14)44(34(2)3)52(67)57(11)43(33-39-25-27-40(70-15)28-26-39)51(66)61-30-20-23-41(61)47-55-29-32-71-47/h16,25-29,32,34-38,41-46H,1,17-24,30-31,33H2,2-15H3. The average Bonchev–Trinajstić information content (AvgIpc) is 4.16. The van der Waals surface area contributed by atoms with Crippen molar-refractivity contribution in [1.82, 2.24) is 39.3 Å². The Morgan fingerprint density at radius 1 is 0.704 bits per heavy atom. The Bertz CT molecular complexity index is 2130. The number of nitrogens with zero attached hydrogens (tertiary/aromatic N) is 8. The minimum atomic E-state index is -1.01. The van der Waals surface area contributed by atoms with Crippen LogP contribution in [-0.4, -0.2) is 172 Å². The molecular formula is C54H84N8O8S. The van der Waals surface area contributed by atoms with Crippen LogP contribution in [0.15, 0.2) is 48.5 Å². The van der Waals surface area contributed by atoms with Gasteiger partial charge in [-0.2, -0.15) is 0 Å². The monoisotopic (exact) mass is 1000 g/mol. The summed E-state index contributed by atoms with van der Waals surface area (Å²) >= 11 is 1.50. The second-order valence-corrected chi connectivity index (χ2v) is 21.7. The number of rotatable bonds is 24. The molecule has 71 heavy (non-hydrogen) atoms. The Morgan fingerprint density at radius 3 is 1.83 bits per heavy atom. The van der Waals surface area contributed by atoms with Gasteiger partial charge in [-0.05, 0) is 87.3 Å². The van der Waals surface area contributed by atoms with Crippen LogP contribution in [0, 0.1) is 23.7 Å². The Kier molecular flexibility index (Phi) is 21.7. The molecule has 17 heteroatoms. The second kappa shape index (κ2) is 26.4. The lowest BCUT2D eigenvalue weighted by atomic mass is 9.95. The number of hydrogen-bond donors (Lipinski definition) is 0. The molecule has 16 nitrogen and oxygen atoms in total. The Hall–Kier alpha value is -5.32. The van der Waals surface area contributed by atoms with E-state index in [1.165, 1.54) is 35.8 Å². The number of allylic oxidation sites excluding steroid dienone is 1. The lowest BCUT2D eigenvalue weighted by Gasteiger charge is -2.41. The van der Waals surface area contributed by atoms with E-state index in [0.29, 0.717) is 38.1 Å². The highest BCUT2D eigenvalue weighted by Crippen LogP contribution is 2.35. The molecule has 3 heterocycles. The molecule has 2 saturated heterocycles. The first-order valence-corrected chi connectivity index (χ1v) is 26.5. The second-order valence-electron chi connectivity index (χ2n) is 20.8. The van der Waals surface area contributed by atoms with Gasteiger partial charge in [0.1, 0.15) is 47.0 Å². The molecule has 1 aromatic carbocycles.